The highest BCUT2D eigenvalue weighted by atomic mass is 16.6. The molecule has 0 bridgehead atoms. The van der Waals surface area contributed by atoms with Gasteiger partial charge in [0.25, 0.3) is 0 Å². The lowest BCUT2D eigenvalue weighted by Gasteiger charge is -2.28. The third-order valence-electron chi connectivity index (χ3n) is 5.19. The first-order valence-corrected chi connectivity index (χ1v) is 10.4. The maximum atomic E-state index is 12.2. The fraction of sp³-hybridized carbons (Fsp3) is 0.571. The van der Waals surface area contributed by atoms with Crippen LogP contribution in [0.3, 0.4) is 0 Å². The Morgan fingerprint density at radius 3 is 2.70 bits per heavy atom. The van der Waals surface area contributed by atoms with E-state index in [1.54, 1.807) is 0 Å². The number of ether oxygens (including phenoxy) is 2. The van der Waals surface area contributed by atoms with Gasteiger partial charge in [-0.25, -0.2) is 9.78 Å². The van der Waals surface area contributed by atoms with Crippen molar-refractivity contribution in [1.82, 2.24) is 15.3 Å². The van der Waals surface area contributed by atoms with Crippen molar-refractivity contribution < 1.29 is 14.3 Å². The van der Waals surface area contributed by atoms with Gasteiger partial charge in [0.05, 0.1) is 24.8 Å². The van der Waals surface area contributed by atoms with Gasteiger partial charge in [0.15, 0.2) is 0 Å². The van der Waals surface area contributed by atoms with E-state index in [-0.39, 0.29) is 12.1 Å². The van der Waals surface area contributed by atoms with Gasteiger partial charge in [-0.1, -0.05) is 0 Å². The van der Waals surface area contributed by atoms with Gasteiger partial charge in [-0.3, -0.25) is 0 Å². The van der Waals surface area contributed by atoms with Crippen molar-refractivity contribution in [3.8, 4) is 0 Å². The maximum Gasteiger partial charge on any atom is 0.407 e. The Labute approximate surface area is 176 Å². The summed E-state index contributed by atoms with van der Waals surface area (Å²) < 4.78 is 10.9. The summed E-state index contributed by atoms with van der Waals surface area (Å²) in [5, 5.41) is 3.93. The molecule has 9 nitrogen and oxygen atoms in total. The fourth-order valence-electron chi connectivity index (χ4n) is 3.81. The predicted molar refractivity (Wildman–Crippen MR) is 117 cm³/mol. The molecule has 3 heterocycles. The molecule has 1 atom stereocenters. The summed E-state index contributed by atoms with van der Waals surface area (Å²) in [6, 6.07) is 5.73. The molecule has 4 rings (SSSR count). The number of amides is 1. The monoisotopic (exact) mass is 414 g/mol. The summed E-state index contributed by atoms with van der Waals surface area (Å²) in [5.41, 5.74) is 6.99. The molecule has 0 aliphatic carbocycles. The number of alkyl carbamates (subject to hydrolysis) is 1. The van der Waals surface area contributed by atoms with Crippen LogP contribution in [0.5, 0.6) is 0 Å². The molecule has 2 aliphatic heterocycles. The van der Waals surface area contributed by atoms with Crippen molar-refractivity contribution in [2.75, 3.05) is 54.9 Å². The van der Waals surface area contributed by atoms with Crippen LogP contribution in [0, 0.1) is 0 Å². The molecule has 1 aromatic carbocycles. The van der Waals surface area contributed by atoms with Crippen molar-refractivity contribution in [3.63, 3.8) is 0 Å². The van der Waals surface area contributed by atoms with Crippen molar-refractivity contribution >= 4 is 34.4 Å². The van der Waals surface area contributed by atoms with E-state index in [4.69, 9.17) is 25.2 Å². The van der Waals surface area contributed by atoms with E-state index in [1.165, 1.54) is 0 Å². The molecule has 1 aromatic heterocycles. The van der Waals surface area contributed by atoms with Crippen molar-refractivity contribution in [2.24, 2.45) is 0 Å². The number of fused-ring (bicyclic) bond motifs is 1. The number of nitrogens with zero attached hydrogens (tertiary/aromatic N) is 4. The minimum absolute atomic E-state index is 0.00508. The summed E-state index contributed by atoms with van der Waals surface area (Å²) in [6.45, 7) is 9.89. The molecule has 0 unspecified atom stereocenters. The van der Waals surface area contributed by atoms with Crippen LogP contribution in [0.25, 0.3) is 10.9 Å². The van der Waals surface area contributed by atoms with Crippen LogP contribution in [-0.2, 0) is 9.47 Å². The Balaban J connectivity index is 1.57. The number of nitrogen functional groups attached to an aromatic ring is 1. The summed E-state index contributed by atoms with van der Waals surface area (Å²) in [4.78, 5) is 26.2. The smallest absolute Gasteiger partial charge is 0.407 e. The highest BCUT2D eigenvalue weighted by molar-refractivity contribution is 5.92. The van der Waals surface area contributed by atoms with Crippen molar-refractivity contribution in [1.29, 1.82) is 0 Å². The molecule has 2 aliphatic rings. The van der Waals surface area contributed by atoms with E-state index in [1.807, 2.05) is 39.0 Å². The number of aromatic nitrogens is 2. The van der Waals surface area contributed by atoms with E-state index in [9.17, 15) is 4.79 Å². The number of hydrogen-bond acceptors (Lipinski definition) is 8. The summed E-state index contributed by atoms with van der Waals surface area (Å²) >= 11 is 0. The number of hydrogen-bond donors (Lipinski definition) is 2. The van der Waals surface area contributed by atoms with Crippen LogP contribution >= 0.6 is 0 Å². The van der Waals surface area contributed by atoms with E-state index >= 15 is 0 Å². The average molecular weight is 415 g/mol. The van der Waals surface area contributed by atoms with Gasteiger partial charge >= 0.3 is 6.09 Å². The molecule has 2 saturated heterocycles. The Hall–Kier alpha value is -2.81. The normalized spacial score (nSPS) is 19.9. The van der Waals surface area contributed by atoms with Gasteiger partial charge in [-0.15, -0.1) is 0 Å². The molecule has 3 N–H and O–H groups in total. The summed E-state index contributed by atoms with van der Waals surface area (Å²) in [6.07, 6.45) is 0.441. The number of benzene rings is 1. The number of anilines is 3. The maximum absolute atomic E-state index is 12.2. The third kappa shape index (κ3) is 4.67. The predicted octanol–water partition coefficient (Wildman–Crippen LogP) is 2.15. The first-order valence-electron chi connectivity index (χ1n) is 10.4. The van der Waals surface area contributed by atoms with Crippen LogP contribution < -0.4 is 20.9 Å². The molecule has 9 heteroatoms. The number of nitrogens with two attached hydrogens (primary N) is 1. The molecule has 0 radical (unpaired) electrons. The highest BCUT2D eigenvalue weighted by Crippen LogP contribution is 2.30. The molecule has 0 saturated carbocycles. The van der Waals surface area contributed by atoms with Crippen LogP contribution in [0.15, 0.2) is 18.2 Å². The van der Waals surface area contributed by atoms with Crippen LogP contribution in [0.4, 0.5) is 22.2 Å². The molecule has 2 aromatic rings. The molecule has 30 heavy (non-hydrogen) atoms. The Bertz CT molecular complexity index is 923. The zero-order chi connectivity index (χ0) is 21.3. The number of carbonyl (C=O) groups is 1. The van der Waals surface area contributed by atoms with E-state index in [0.717, 1.165) is 42.8 Å². The Morgan fingerprint density at radius 2 is 1.97 bits per heavy atom. The second kappa shape index (κ2) is 8.14. The molecular weight excluding hydrogens is 384 g/mol. The van der Waals surface area contributed by atoms with E-state index in [2.05, 4.69) is 15.1 Å². The summed E-state index contributed by atoms with van der Waals surface area (Å²) in [5.74, 6) is 1.56. The van der Waals surface area contributed by atoms with Gasteiger partial charge in [-0.2, -0.15) is 4.98 Å². The minimum Gasteiger partial charge on any atom is -0.444 e. The zero-order valence-electron chi connectivity index (χ0n) is 17.9. The molecular formula is C21H30N6O3. The molecule has 2 fully saturated rings. The Kier molecular flexibility index (Phi) is 5.55. The molecule has 162 valence electrons. The Morgan fingerprint density at radius 1 is 1.20 bits per heavy atom. The average Bonchev–Trinajstić information content (AvgIpc) is 3.14. The van der Waals surface area contributed by atoms with Crippen molar-refractivity contribution in [3.05, 3.63) is 18.2 Å². The second-order valence-corrected chi connectivity index (χ2v) is 8.80. The lowest BCUT2D eigenvalue weighted by molar-refractivity contribution is 0.0509. The quantitative estimate of drug-likeness (QED) is 0.736. The largest absolute Gasteiger partial charge is 0.444 e. The van der Waals surface area contributed by atoms with Crippen LogP contribution in [-0.4, -0.2) is 67.1 Å². The first kappa shape index (κ1) is 20.5. The lowest BCUT2D eigenvalue weighted by atomic mass is 10.2. The van der Waals surface area contributed by atoms with Gasteiger partial charge < -0.3 is 30.3 Å². The highest BCUT2D eigenvalue weighted by Gasteiger charge is 2.29. The summed E-state index contributed by atoms with van der Waals surface area (Å²) in [7, 11) is 0. The number of rotatable bonds is 3. The van der Waals surface area contributed by atoms with Crippen LogP contribution in [0.2, 0.25) is 0 Å². The molecule has 1 amide bonds. The van der Waals surface area contributed by atoms with E-state index < -0.39 is 5.60 Å². The number of nitrogens with one attached hydrogen (secondary N) is 1. The standard InChI is InChI=1S/C21H30N6O3/c1-21(2,3)30-20(28)23-15-6-7-27(13-15)18-16-5-4-14(22)12-17(16)24-19(25-18)26-8-10-29-11-9-26/h4-5,12,15H,6-11,13,22H2,1-3H3,(H,23,28)/t15-/m1/s1. The topological polar surface area (TPSA) is 106 Å². The molecule has 0 spiro atoms. The zero-order valence-corrected chi connectivity index (χ0v) is 17.9. The van der Waals surface area contributed by atoms with Gasteiger partial charge in [-0.05, 0) is 45.4 Å². The van der Waals surface area contributed by atoms with Crippen LogP contribution in [0.1, 0.15) is 27.2 Å². The lowest BCUT2D eigenvalue weighted by Crippen LogP contribution is -2.40. The van der Waals surface area contributed by atoms with Gasteiger partial charge in [0.1, 0.15) is 11.4 Å². The number of carbonyl (C=O) groups excluding carboxylic acids is 1. The number of morpholine rings is 1. The fourth-order valence-corrected chi connectivity index (χ4v) is 3.81. The van der Waals surface area contributed by atoms with Crippen molar-refractivity contribution in [2.45, 2.75) is 38.8 Å². The third-order valence-corrected chi connectivity index (χ3v) is 5.19. The van der Waals surface area contributed by atoms with Gasteiger partial charge in [0, 0.05) is 37.3 Å². The second-order valence-electron chi connectivity index (χ2n) is 8.80. The SMILES string of the molecule is CC(C)(C)OC(=O)N[C@@H]1CCN(c2nc(N3CCOCC3)nc3cc(N)ccc23)C1. The minimum atomic E-state index is -0.516. The van der Waals surface area contributed by atoms with Gasteiger partial charge in [0.2, 0.25) is 5.95 Å². The van der Waals surface area contributed by atoms with E-state index in [0.29, 0.717) is 31.4 Å². The first-order chi connectivity index (χ1) is 14.3.